The molecule has 0 N–H and O–H groups in total. The zero-order valence-corrected chi connectivity index (χ0v) is 17.5. The van der Waals surface area contributed by atoms with Crippen molar-refractivity contribution in [1.82, 2.24) is 14.8 Å². The van der Waals surface area contributed by atoms with Gasteiger partial charge in [-0.2, -0.15) is 0 Å². The van der Waals surface area contributed by atoms with E-state index >= 15 is 0 Å². The molecule has 28 heavy (non-hydrogen) atoms. The van der Waals surface area contributed by atoms with Crippen molar-refractivity contribution >= 4 is 17.2 Å². The SMILES string of the molecule is Cc1ccc([C@@H]2C[C@H](C)CN(C(C=O)C3CCN(C)CC3)C2)c2cccnc12. The molecule has 4 heteroatoms. The lowest BCUT2D eigenvalue weighted by Gasteiger charge is -2.43. The van der Waals surface area contributed by atoms with Gasteiger partial charge in [0, 0.05) is 24.7 Å². The summed E-state index contributed by atoms with van der Waals surface area (Å²) in [6.45, 7) is 8.70. The molecule has 2 aliphatic heterocycles. The van der Waals surface area contributed by atoms with E-state index in [2.05, 4.69) is 53.9 Å². The number of aryl methyl sites for hydroxylation is 1. The molecule has 2 aliphatic rings. The molecule has 1 aromatic heterocycles. The van der Waals surface area contributed by atoms with E-state index < -0.39 is 0 Å². The van der Waals surface area contributed by atoms with Gasteiger partial charge in [-0.1, -0.05) is 25.1 Å². The summed E-state index contributed by atoms with van der Waals surface area (Å²) in [4.78, 5) is 21.6. The van der Waals surface area contributed by atoms with E-state index in [4.69, 9.17) is 0 Å². The van der Waals surface area contributed by atoms with Gasteiger partial charge in [0.05, 0.1) is 11.6 Å². The summed E-state index contributed by atoms with van der Waals surface area (Å²) in [5, 5.41) is 1.28. The van der Waals surface area contributed by atoms with Crippen molar-refractivity contribution in [3.05, 3.63) is 41.6 Å². The lowest BCUT2D eigenvalue weighted by molar-refractivity contribution is -0.116. The summed E-state index contributed by atoms with van der Waals surface area (Å²) in [6, 6.07) is 8.83. The summed E-state index contributed by atoms with van der Waals surface area (Å²) in [5.74, 6) is 1.56. The fraction of sp³-hybridized carbons (Fsp3) is 0.583. The number of benzene rings is 1. The van der Waals surface area contributed by atoms with Crippen LogP contribution in [-0.2, 0) is 4.79 Å². The van der Waals surface area contributed by atoms with E-state index in [0.717, 1.165) is 44.5 Å². The summed E-state index contributed by atoms with van der Waals surface area (Å²) >= 11 is 0. The number of carbonyl (C=O) groups is 1. The first-order chi connectivity index (χ1) is 13.6. The largest absolute Gasteiger partial charge is 0.306 e. The van der Waals surface area contributed by atoms with Gasteiger partial charge in [0.25, 0.3) is 0 Å². The minimum atomic E-state index is 0.0637. The van der Waals surface area contributed by atoms with E-state index in [9.17, 15) is 4.79 Å². The third kappa shape index (κ3) is 3.85. The zero-order valence-electron chi connectivity index (χ0n) is 17.5. The molecular formula is C24H33N3O. The van der Waals surface area contributed by atoms with Gasteiger partial charge in [0.2, 0.25) is 0 Å². The van der Waals surface area contributed by atoms with Gasteiger partial charge in [0.15, 0.2) is 0 Å². The predicted molar refractivity (Wildman–Crippen MR) is 115 cm³/mol. The van der Waals surface area contributed by atoms with Crippen molar-refractivity contribution < 1.29 is 4.79 Å². The number of fused-ring (bicyclic) bond motifs is 1. The molecule has 3 atom stereocenters. The highest BCUT2D eigenvalue weighted by Gasteiger charge is 2.35. The number of carbonyl (C=O) groups excluding carboxylic acids is 1. The Morgan fingerprint density at radius 2 is 1.96 bits per heavy atom. The smallest absolute Gasteiger partial charge is 0.137 e. The molecule has 0 radical (unpaired) electrons. The highest BCUT2D eigenvalue weighted by molar-refractivity contribution is 5.85. The molecule has 0 amide bonds. The number of hydrogen-bond acceptors (Lipinski definition) is 4. The first kappa shape index (κ1) is 19.5. The standard InChI is InChI=1S/C24H33N3O/c1-17-13-20(21-7-6-18(2)24-22(21)5-4-10-25-24)15-27(14-17)23(16-28)19-8-11-26(3)12-9-19/h4-7,10,16-17,19-20,23H,8-9,11-15H2,1-3H3/t17-,20+,23?/m0/s1. The molecule has 4 nitrogen and oxygen atoms in total. The summed E-state index contributed by atoms with van der Waals surface area (Å²) < 4.78 is 0. The first-order valence-electron chi connectivity index (χ1n) is 10.8. The number of aldehydes is 1. The Bertz CT molecular complexity index is 828. The van der Waals surface area contributed by atoms with Crippen molar-refractivity contribution in [3.8, 4) is 0 Å². The summed E-state index contributed by atoms with van der Waals surface area (Å²) in [5.41, 5.74) is 3.75. The fourth-order valence-corrected chi connectivity index (χ4v) is 5.42. The van der Waals surface area contributed by atoms with Crippen molar-refractivity contribution in [1.29, 1.82) is 0 Å². The molecule has 0 aliphatic carbocycles. The Morgan fingerprint density at radius 1 is 1.18 bits per heavy atom. The molecule has 2 saturated heterocycles. The van der Waals surface area contributed by atoms with Crippen molar-refractivity contribution in [2.75, 3.05) is 33.2 Å². The van der Waals surface area contributed by atoms with Gasteiger partial charge in [0.1, 0.15) is 6.29 Å². The Hall–Kier alpha value is -1.78. The maximum atomic E-state index is 12.1. The van der Waals surface area contributed by atoms with E-state index in [-0.39, 0.29) is 6.04 Å². The average molecular weight is 380 g/mol. The quantitative estimate of drug-likeness (QED) is 0.756. The Labute approximate surface area is 168 Å². The van der Waals surface area contributed by atoms with Crippen molar-refractivity contribution in [2.45, 2.75) is 45.1 Å². The second-order valence-corrected chi connectivity index (χ2v) is 9.13. The molecule has 1 unspecified atom stereocenters. The summed E-state index contributed by atoms with van der Waals surface area (Å²) in [7, 11) is 2.18. The lowest BCUT2D eigenvalue weighted by Crippen LogP contribution is -2.51. The zero-order chi connectivity index (χ0) is 19.7. The molecule has 1 aromatic carbocycles. The second kappa shape index (κ2) is 8.30. The third-order valence-electron chi connectivity index (χ3n) is 6.94. The van der Waals surface area contributed by atoms with Crippen LogP contribution in [0.5, 0.6) is 0 Å². The van der Waals surface area contributed by atoms with Gasteiger partial charge in [-0.15, -0.1) is 0 Å². The van der Waals surface area contributed by atoms with E-state index in [1.54, 1.807) is 0 Å². The number of pyridine rings is 1. The van der Waals surface area contributed by atoms with E-state index in [0.29, 0.717) is 17.8 Å². The number of likely N-dealkylation sites (tertiary alicyclic amines) is 2. The number of rotatable bonds is 4. The number of nitrogens with zero attached hydrogens (tertiary/aromatic N) is 3. The second-order valence-electron chi connectivity index (χ2n) is 9.13. The average Bonchev–Trinajstić information content (AvgIpc) is 2.70. The van der Waals surface area contributed by atoms with Crippen LogP contribution >= 0.6 is 0 Å². The van der Waals surface area contributed by atoms with E-state index in [1.165, 1.54) is 29.2 Å². The van der Waals surface area contributed by atoms with Crippen LogP contribution in [0.3, 0.4) is 0 Å². The minimum absolute atomic E-state index is 0.0637. The van der Waals surface area contributed by atoms with Crippen LogP contribution in [0.15, 0.2) is 30.5 Å². The van der Waals surface area contributed by atoms with Crippen LogP contribution in [-0.4, -0.2) is 60.3 Å². The minimum Gasteiger partial charge on any atom is -0.306 e. The maximum absolute atomic E-state index is 12.1. The van der Waals surface area contributed by atoms with Crippen LogP contribution in [0.2, 0.25) is 0 Å². The number of aromatic nitrogens is 1. The molecule has 0 saturated carbocycles. The monoisotopic (exact) mass is 379 g/mol. The highest BCUT2D eigenvalue weighted by atomic mass is 16.1. The lowest BCUT2D eigenvalue weighted by atomic mass is 9.81. The molecule has 3 heterocycles. The fourth-order valence-electron chi connectivity index (χ4n) is 5.42. The molecule has 2 aromatic rings. The molecule has 0 spiro atoms. The van der Waals surface area contributed by atoms with Crippen molar-refractivity contribution in [2.24, 2.45) is 11.8 Å². The van der Waals surface area contributed by atoms with Gasteiger partial charge in [-0.05, 0) is 81.3 Å². The first-order valence-corrected chi connectivity index (χ1v) is 10.8. The molecule has 2 fully saturated rings. The van der Waals surface area contributed by atoms with Gasteiger partial charge in [-0.25, -0.2) is 0 Å². The van der Waals surface area contributed by atoms with Gasteiger partial charge < -0.3 is 9.69 Å². The van der Waals surface area contributed by atoms with Crippen LogP contribution in [0.25, 0.3) is 10.9 Å². The number of hydrogen-bond donors (Lipinski definition) is 0. The number of piperidine rings is 2. The Morgan fingerprint density at radius 3 is 2.71 bits per heavy atom. The molecule has 0 bridgehead atoms. The van der Waals surface area contributed by atoms with Crippen LogP contribution in [0.1, 0.15) is 43.2 Å². The van der Waals surface area contributed by atoms with Crippen LogP contribution in [0, 0.1) is 18.8 Å². The Balaban J connectivity index is 1.60. The Kier molecular flexibility index (Phi) is 5.79. The third-order valence-corrected chi connectivity index (χ3v) is 6.94. The molecular weight excluding hydrogens is 346 g/mol. The summed E-state index contributed by atoms with van der Waals surface area (Å²) in [6.07, 6.45) is 6.57. The predicted octanol–water partition coefficient (Wildman–Crippen LogP) is 3.88. The normalized spacial score (nSPS) is 26.4. The van der Waals surface area contributed by atoms with Crippen LogP contribution < -0.4 is 0 Å². The highest BCUT2D eigenvalue weighted by Crippen LogP contribution is 2.36. The maximum Gasteiger partial charge on any atom is 0.137 e. The van der Waals surface area contributed by atoms with E-state index in [1.807, 2.05) is 12.3 Å². The topological polar surface area (TPSA) is 36.4 Å². The van der Waals surface area contributed by atoms with Gasteiger partial charge in [-0.3, -0.25) is 9.88 Å². The molecule has 150 valence electrons. The van der Waals surface area contributed by atoms with Crippen molar-refractivity contribution in [3.63, 3.8) is 0 Å². The molecule has 4 rings (SSSR count). The van der Waals surface area contributed by atoms with Crippen LogP contribution in [0.4, 0.5) is 0 Å². The van der Waals surface area contributed by atoms with Gasteiger partial charge >= 0.3 is 0 Å².